The average Bonchev–Trinajstić information content (AvgIpc) is 2.85. The summed E-state index contributed by atoms with van der Waals surface area (Å²) in [5.74, 6) is -0.212. The molecule has 0 aliphatic carbocycles. The van der Waals surface area contributed by atoms with Gasteiger partial charge < -0.3 is 9.47 Å². The van der Waals surface area contributed by atoms with Gasteiger partial charge in [-0.05, 0) is 42.8 Å². The van der Waals surface area contributed by atoms with Gasteiger partial charge >= 0.3 is 5.97 Å². The largest absolute Gasteiger partial charge is 0.452 e. The van der Waals surface area contributed by atoms with E-state index in [0.717, 1.165) is 0 Å². The minimum atomic E-state index is -0.779. The van der Waals surface area contributed by atoms with E-state index in [2.05, 4.69) is 0 Å². The number of allylic oxidation sites excluding steroid dienone is 1. The summed E-state index contributed by atoms with van der Waals surface area (Å²) < 4.78 is 10.7. The molecule has 1 atom stereocenters. The zero-order chi connectivity index (χ0) is 18.1. The average molecular weight is 398 g/mol. The van der Waals surface area contributed by atoms with Crippen LogP contribution in [0.1, 0.15) is 22.8 Å². The third-order valence-electron chi connectivity index (χ3n) is 3.43. The minimum absolute atomic E-state index is 0.119. The lowest BCUT2D eigenvalue weighted by Gasteiger charge is -2.06. The van der Waals surface area contributed by atoms with Crippen molar-refractivity contribution in [2.75, 3.05) is 0 Å². The first-order chi connectivity index (χ1) is 11.8. The number of esters is 1. The molecule has 128 valence electrons. The monoisotopic (exact) mass is 396 g/mol. The summed E-state index contributed by atoms with van der Waals surface area (Å²) >= 11 is 17.6. The summed E-state index contributed by atoms with van der Waals surface area (Å²) in [5, 5.41) is 0.116. The van der Waals surface area contributed by atoms with Gasteiger partial charge in [-0.15, -0.1) is 11.6 Å². The van der Waals surface area contributed by atoms with Gasteiger partial charge in [0.05, 0.1) is 5.56 Å². The summed E-state index contributed by atoms with van der Waals surface area (Å²) in [5.41, 5.74) is 0.972. The van der Waals surface area contributed by atoms with E-state index in [-0.39, 0.29) is 17.3 Å². The number of fused-ring (bicyclic) bond motifs is 1. The zero-order valence-electron chi connectivity index (χ0n) is 12.9. The Hall–Kier alpha value is -2.01. The highest BCUT2D eigenvalue weighted by atomic mass is 35.5. The number of benzene rings is 2. The minimum Gasteiger partial charge on any atom is -0.452 e. The molecule has 25 heavy (non-hydrogen) atoms. The molecule has 0 N–H and O–H groups in total. The number of ether oxygens (including phenoxy) is 2. The number of alkyl halides is 1. The lowest BCUT2D eigenvalue weighted by Crippen LogP contribution is -2.17. The highest BCUT2D eigenvalue weighted by Crippen LogP contribution is 2.35. The van der Waals surface area contributed by atoms with E-state index < -0.39 is 11.3 Å². The van der Waals surface area contributed by atoms with Crippen LogP contribution in [0.2, 0.25) is 10.0 Å². The standard InChI is InChI=1S/C18H11Cl3O4/c1-9(19)18(23)24-12-4-5-13-15(8-12)25-16(17(13)22)6-10-2-3-11(20)7-14(10)21/h2-9H,1H3/b16-6-. The predicted molar refractivity (Wildman–Crippen MR) is 96.8 cm³/mol. The van der Waals surface area contributed by atoms with Crippen molar-refractivity contribution in [3.05, 3.63) is 63.3 Å². The first-order valence-electron chi connectivity index (χ1n) is 7.24. The summed E-state index contributed by atoms with van der Waals surface area (Å²) in [4.78, 5) is 24.0. The Labute approximate surface area is 158 Å². The predicted octanol–water partition coefficient (Wildman–Crippen LogP) is 5.14. The van der Waals surface area contributed by atoms with Gasteiger partial charge in [0.1, 0.15) is 16.9 Å². The number of ketones is 1. The smallest absolute Gasteiger partial charge is 0.329 e. The van der Waals surface area contributed by atoms with Gasteiger partial charge in [-0.3, -0.25) is 9.59 Å². The maximum absolute atomic E-state index is 12.4. The number of hydrogen-bond donors (Lipinski definition) is 0. The fourth-order valence-corrected chi connectivity index (χ4v) is 2.70. The molecule has 0 saturated carbocycles. The topological polar surface area (TPSA) is 52.6 Å². The quantitative estimate of drug-likeness (QED) is 0.311. The third kappa shape index (κ3) is 3.82. The van der Waals surface area contributed by atoms with Crippen molar-refractivity contribution < 1.29 is 19.1 Å². The van der Waals surface area contributed by atoms with Gasteiger partial charge in [0.25, 0.3) is 0 Å². The molecule has 1 aliphatic heterocycles. The number of rotatable bonds is 3. The second kappa shape index (κ2) is 7.08. The van der Waals surface area contributed by atoms with Crippen LogP contribution in [0.3, 0.4) is 0 Å². The molecule has 4 nitrogen and oxygen atoms in total. The van der Waals surface area contributed by atoms with Crippen LogP contribution < -0.4 is 9.47 Å². The maximum Gasteiger partial charge on any atom is 0.329 e. The molecule has 1 heterocycles. The normalized spacial score (nSPS) is 15.7. The second-order valence-electron chi connectivity index (χ2n) is 5.30. The molecule has 2 aromatic rings. The van der Waals surface area contributed by atoms with E-state index in [1.807, 2.05) is 0 Å². The van der Waals surface area contributed by atoms with Crippen LogP contribution in [0.15, 0.2) is 42.2 Å². The van der Waals surface area contributed by atoms with Gasteiger partial charge in [-0.25, -0.2) is 0 Å². The van der Waals surface area contributed by atoms with Gasteiger partial charge in [0, 0.05) is 16.1 Å². The molecular weight excluding hydrogens is 387 g/mol. The Morgan fingerprint density at radius 1 is 1.20 bits per heavy atom. The fraction of sp³-hybridized carbons (Fsp3) is 0.111. The molecular formula is C18H11Cl3O4. The van der Waals surface area contributed by atoms with E-state index in [1.165, 1.54) is 31.2 Å². The molecule has 7 heteroatoms. The first kappa shape index (κ1) is 17.8. The Morgan fingerprint density at radius 2 is 1.96 bits per heavy atom. The van der Waals surface area contributed by atoms with Crippen molar-refractivity contribution in [3.63, 3.8) is 0 Å². The molecule has 1 aliphatic rings. The molecule has 2 aromatic carbocycles. The number of Topliss-reactive ketones (excluding diaryl/α,β-unsaturated/α-hetero) is 1. The molecule has 0 spiro atoms. The first-order valence-corrected chi connectivity index (χ1v) is 8.43. The molecule has 0 amide bonds. The molecule has 0 aromatic heterocycles. The highest BCUT2D eigenvalue weighted by molar-refractivity contribution is 6.35. The van der Waals surface area contributed by atoms with Crippen LogP contribution in [0.25, 0.3) is 6.08 Å². The number of carbonyl (C=O) groups is 2. The maximum atomic E-state index is 12.4. The van der Waals surface area contributed by atoms with E-state index in [1.54, 1.807) is 18.2 Å². The summed E-state index contributed by atoms with van der Waals surface area (Å²) in [6.45, 7) is 1.51. The Balaban J connectivity index is 1.88. The molecule has 0 bridgehead atoms. The lowest BCUT2D eigenvalue weighted by atomic mass is 10.1. The van der Waals surface area contributed by atoms with Crippen LogP contribution in [0.4, 0.5) is 0 Å². The Bertz CT molecular complexity index is 903. The molecule has 0 saturated heterocycles. The SMILES string of the molecule is CC(Cl)C(=O)Oc1ccc2c(c1)O/C(=C\c1ccc(Cl)cc1Cl)C2=O. The lowest BCUT2D eigenvalue weighted by molar-refractivity contribution is -0.133. The van der Waals surface area contributed by atoms with Crippen molar-refractivity contribution in [2.24, 2.45) is 0 Å². The van der Waals surface area contributed by atoms with Crippen LogP contribution in [0, 0.1) is 0 Å². The second-order valence-corrected chi connectivity index (χ2v) is 6.80. The van der Waals surface area contributed by atoms with E-state index >= 15 is 0 Å². The van der Waals surface area contributed by atoms with Gasteiger partial charge in [-0.1, -0.05) is 29.3 Å². The van der Waals surface area contributed by atoms with Crippen LogP contribution in [-0.2, 0) is 4.79 Å². The van der Waals surface area contributed by atoms with Crippen LogP contribution in [-0.4, -0.2) is 17.1 Å². The summed E-state index contributed by atoms with van der Waals surface area (Å²) in [6.07, 6.45) is 1.54. The fourth-order valence-electron chi connectivity index (χ4n) is 2.19. The molecule has 1 unspecified atom stereocenters. The molecule has 0 radical (unpaired) electrons. The van der Waals surface area contributed by atoms with Crippen molar-refractivity contribution in [3.8, 4) is 11.5 Å². The Morgan fingerprint density at radius 3 is 2.64 bits per heavy atom. The molecule has 3 rings (SSSR count). The Kier molecular flexibility index (Phi) is 5.04. The molecule has 0 fully saturated rings. The van der Waals surface area contributed by atoms with E-state index in [4.69, 9.17) is 44.3 Å². The van der Waals surface area contributed by atoms with Gasteiger partial charge in [0.2, 0.25) is 5.78 Å². The third-order valence-corrected chi connectivity index (χ3v) is 4.17. The summed E-state index contributed by atoms with van der Waals surface area (Å²) in [6, 6.07) is 9.43. The van der Waals surface area contributed by atoms with Gasteiger partial charge in [-0.2, -0.15) is 0 Å². The number of halogens is 3. The van der Waals surface area contributed by atoms with E-state index in [9.17, 15) is 9.59 Å². The van der Waals surface area contributed by atoms with Crippen molar-refractivity contribution in [2.45, 2.75) is 12.3 Å². The van der Waals surface area contributed by atoms with Crippen molar-refractivity contribution >= 4 is 52.6 Å². The number of carbonyl (C=O) groups excluding carboxylic acids is 2. The van der Waals surface area contributed by atoms with E-state index in [0.29, 0.717) is 26.9 Å². The van der Waals surface area contributed by atoms with Gasteiger partial charge in [0.15, 0.2) is 5.76 Å². The van der Waals surface area contributed by atoms with Crippen molar-refractivity contribution in [1.82, 2.24) is 0 Å². The van der Waals surface area contributed by atoms with Crippen molar-refractivity contribution in [1.29, 1.82) is 0 Å². The van der Waals surface area contributed by atoms with Crippen LogP contribution in [0.5, 0.6) is 11.5 Å². The number of hydrogen-bond acceptors (Lipinski definition) is 4. The highest BCUT2D eigenvalue weighted by Gasteiger charge is 2.28. The summed E-state index contributed by atoms with van der Waals surface area (Å²) in [7, 11) is 0. The van der Waals surface area contributed by atoms with Crippen LogP contribution >= 0.6 is 34.8 Å². The zero-order valence-corrected chi connectivity index (χ0v) is 15.2.